The molecule has 2 aromatic rings. The van der Waals surface area contributed by atoms with Crippen molar-refractivity contribution in [1.82, 2.24) is 0 Å². The van der Waals surface area contributed by atoms with E-state index >= 15 is 0 Å². The first-order valence-corrected chi connectivity index (χ1v) is 11.2. The number of esters is 1. The number of hydrogen-bond acceptors (Lipinski definition) is 3. The van der Waals surface area contributed by atoms with E-state index in [2.05, 4.69) is 62.4 Å². The Morgan fingerprint density at radius 2 is 1.76 bits per heavy atom. The van der Waals surface area contributed by atoms with Gasteiger partial charge in [-0.15, -0.1) is 0 Å². The third kappa shape index (κ3) is 4.42. The Kier molecular flexibility index (Phi) is 5.82. The van der Waals surface area contributed by atoms with Crippen LogP contribution in [0.1, 0.15) is 49.7 Å². The molecule has 3 saturated carbocycles. The SMILES string of the molecule is COC(=O)/C=C/c1cccc(NCC23CCC(c4ccc(Br)cc4)(CC2)CC3)c1. The fourth-order valence-corrected chi connectivity index (χ4v) is 5.30. The lowest BCUT2D eigenvalue weighted by atomic mass is 9.52. The van der Waals surface area contributed by atoms with Crippen molar-refractivity contribution in [3.8, 4) is 0 Å². The van der Waals surface area contributed by atoms with E-state index in [0.29, 0.717) is 10.8 Å². The number of ether oxygens (including phenoxy) is 1. The molecular weight excluding hydrogens is 426 g/mol. The highest BCUT2D eigenvalue weighted by Crippen LogP contribution is 2.57. The van der Waals surface area contributed by atoms with Crippen molar-refractivity contribution in [3.05, 3.63) is 70.2 Å². The number of nitrogens with one attached hydrogen (secondary N) is 1. The van der Waals surface area contributed by atoms with E-state index < -0.39 is 0 Å². The maximum atomic E-state index is 11.3. The summed E-state index contributed by atoms with van der Waals surface area (Å²) >= 11 is 3.56. The third-order valence-electron chi connectivity index (χ3n) is 7.03. The molecule has 3 fully saturated rings. The van der Waals surface area contributed by atoms with Crippen LogP contribution in [0.3, 0.4) is 0 Å². The average Bonchev–Trinajstić information content (AvgIpc) is 2.78. The van der Waals surface area contributed by atoms with Gasteiger partial charge in [-0.1, -0.05) is 40.2 Å². The number of methoxy groups -OCH3 is 1. The molecule has 29 heavy (non-hydrogen) atoms. The van der Waals surface area contributed by atoms with Gasteiger partial charge >= 0.3 is 5.97 Å². The molecule has 0 spiro atoms. The minimum Gasteiger partial charge on any atom is -0.466 e. The average molecular weight is 454 g/mol. The molecule has 0 aliphatic heterocycles. The second-order valence-corrected chi connectivity index (χ2v) is 9.54. The van der Waals surface area contributed by atoms with E-state index in [4.69, 9.17) is 0 Å². The Hall–Kier alpha value is -2.07. The third-order valence-corrected chi connectivity index (χ3v) is 7.55. The van der Waals surface area contributed by atoms with E-state index in [1.807, 2.05) is 12.1 Å². The first kappa shape index (κ1) is 20.2. The number of halogens is 1. The van der Waals surface area contributed by atoms with Crippen molar-refractivity contribution in [2.24, 2.45) is 5.41 Å². The van der Waals surface area contributed by atoms with Crippen molar-refractivity contribution in [1.29, 1.82) is 0 Å². The number of carbonyl (C=O) groups is 1. The summed E-state index contributed by atoms with van der Waals surface area (Å²) < 4.78 is 5.82. The summed E-state index contributed by atoms with van der Waals surface area (Å²) in [5.74, 6) is -0.332. The van der Waals surface area contributed by atoms with Gasteiger partial charge in [0.05, 0.1) is 7.11 Å². The number of carbonyl (C=O) groups excluding carboxylic acids is 1. The minimum atomic E-state index is -0.332. The van der Waals surface area contributed by atoms with Gasteiger partial charge in [-0.3, -0.25) is 0 Å². The smallest absolute Gasteiger partial charge is 0.330 e. The summed E-state index contributed by atoms with van der Waals surface area (Å²) in [5.41, 5.74) is 4.43. The summed E-state index contributed by atoms with van der Waals surface area (Å²) in [7, 11) is 1.39. The van der Waals surface area contributed by atoms with Gasteiger partial charge in [0.15, 0.2) is 0 Å². The lowest BCUT2D eigenvalue weighted by Crippen LogP contribution is -2.47. The van der Waals surface area contributed by atoms with E-state index in [-0.39, 0.29) is 5.97 Å². The molecule has 0 unspecified atom stereocenters. The number of fused-ring (bicyclic) bond motifs is 3. The van der Waals surface area contributed by atoms with Crippen molar-refractivity contribution >= 4 is 33.7 Å². The first-order valence-electron chi connectivity index (χ1n) is 10.4. The van der Waals surface area contributed by atoms with Crippen molar-refractivity contribution in [3.63, 3.8) is 0 Å². The molecule has 0 saturated heterocycles. The van der Waals surface area contributed by atoms with Gasteiger partial charge in [0.25, 0.3) is 0 Å². The van der Waals surface area contributed by atoms with Gasteiger partial charge in [0.2, 0.25) is 0 Å². The van der Waals surface area contributed by atoms with Crippen LogP contribution in [0.15, 0.2) is 59.1 Å². The van der Waals surface area contributed by atoms with Gasteiger partial charge in [0, 0.05) is 22.8 Å². The molecule has 0 heterocycles. The normalized spacial score (nSPS) is 25.9. The van der Waals surface area contributed by atoms with Crippen LogP contribution in [0.5, 0.6) is 0 Å². The standard InChI is InChI=1S/C25H28BrNO2/c1-29-23(28)10-5-19-3-2-4-22(17-19)27-18-24-11-14-25(15-12-24,16-13-24)20-6-8-21(26)9-7-20/h2-10,17,27H,11-16,18H2,1H3/b10-5+. The molecule has 3 aliphatic carbocycles. The van der Waals surface area contributed by atoms with Crippen molar-refractivity contribution in [2.75, 3.05) is 19.0 Å². The molecule has 152 valence electrons. The number of anilines is 1. The predicted octanol–water partition coefficient (Wildman–Crippen LogP) is 6.34. The van der Waals surface area contributed by atoms with Gasteiger partial charge in [0.1, 0.15) is 0 Å². The van der Waals surface area contributed by atoms with Gasteiger partial charge in [-0.25, -0.2) is 4.79 Å². The van der Waals surface area contributed by atoms with Gasteiger partial charge in [-0.2, -0.15) is 0 Å². The second-order valence-electron chi connectivity index (χ2n) is 8.62. The molecule has 1 N–H and O–H groups in total. The summed E-state index contributed by atoms with van der Waals surface area (Å²) in [6.07, 6.45) is 11.0. The summed E-state index contributed by atoms with van der Waals surface area (Å²) in [5, 5.41) is 3.68. The van der Waals surface area contributed by atoms with E-state index in [1.54, 1.807) is 6.08 Å². The van der Waals surface area contributed by atoms with E-state index in [0.717, 1.165) is 22.3 Å². The van der Waals surface area contributed by atoms with Crippen LogP contribution < -0.4 is 5.32 Å². The molecule has 0 atom stereocenters. The highest BCUT2D eigenvalue weighted by atomic mass is 79.9. The molecule has 2 bridgehead atoms. The molecule has 0 aromatic heterocycles. The number of rotatable bonds is 6. The van der Waals surface area contributed by atoms with Gasteiger partial charge in [-0.05, 0) is 90.8 Å². The van der Waals surface area contributed by atoms with Crippen molar-refractivity contribution < 1.29 is 9.53 Å². The summed E-state index contributed by atoms with van der Waals surface area (Å²) in [6, 6.07) is 17.2. The molecule has 0 radical (unpaired) electrons. The fraction of sp³-hybridized carbons (Fsp3) is 0.400. The molecule has 2 aromatic carbocycles. The Bertz CT molecular complexity index is 879. The van der Waals surface area contributed by atoms with Crippen LogP contribution in [0, 0.1) is 5.41 Å². The van der Waals surface area contributed by atoms with Crippen LogP contribution in [-0.2, 0) is 14.9 Å². The fourth-order valence-electron chi connectivity index (χ4n) is 5.04. The number of hydrogen-bond donors (Lipinski definition) is 1. The Labute approximate surface area is 181 Å². The Morgan fingerprint density at radius 1 is 1.07 bits per heavy atom. The molecular formula is C25H28BrNO2. The molecule has 3 nitrogen and oxygen atoms in total. The largest absolute Gasteiger partial charge is 0.466 e. The van der Waals surface area contributed by atoms with Crippen LogP contribution in [0.2, 0.25) is 0 Å². The monoisotopic (exact) mass is 453 g/mol. The second kappa shape index (κ2) is 8.35. The zero-order valence-corrected chi connectivity index (χ0v) is 18.5. The van der Waals surface area contributed by atoms with Crippen LogP contribution in [0.4, 0.5) is 5.69 Å². The molecule has 4 heteroatoms. The van der Waals surface area contributed by atoms with Crippen LogP contribution >= 0.6 is 15.9 Å². The zero-order valence-electron chi connectivity index (χ0n) is 16.9. The first-order chi connectivity index (χ1) is 14.0. The molecule has 5 rings (SSSR count). The van der Waals surface area contributed by atoms with Gasteiger partial charge < -0.3 is 10.1 Å². The van der Waals surface area contributed by atoms with Crippen molar-refractivity contribution in [2.45, 2.75) is 43.9 Å². The predicted molar refractivity (Wildman–Crippen MR) is 122 cm³/mol. The number of benzene rings is 2. The topological polar surface area (TPSA) is 38.3 Å². The van der Waals surface area contributed by atoms with Crippen LogP contribution in [0.25, 0.3) is 6.08 Å². The Morgan fingerprint density at radius 3 is 2.41 bits per heavy atom. The highest BCUT2D eigenvalue weighted by Gasteiger charge is 2.48. The maximum absolute atomic E-state index is 11.3. The lowest BCUT2D eigenvalue weighted by molar-refractivity contribution is -0.134. The molecule has 3 aliphatic rings. The quantitative estimate of drug-likeness (QED) is 0.409. The summed E-state index contributed by atoms with van der Waals surface area (Å²) in [6.45, 7) is 1.02. The Balaban J connectivity index is 1.38. The zero-order chi connectivity index (χ0) is 20.3. The maximum Gasteiger partial charge on any atom is 0.330 e. The summed E-state index contributed by atoms with van der Waals surface area (Å²) in [4.78, 5) is 11.3. The molecule has 0 amide bonds. The highest BCUT2D eigenvalue weighted by molar-refractivity contribution is 9.10. The van der Waals surface area contributed by atoms with Crippen LogP contribution in [-0.4, -0.2) is 19.6 Å². The van der Waals surface area contributed by atoms with E-state index in [9.17, 15) is 4.79 Å². The lowest BCUT2D eigenvalue weighted by Gasteiger charge is -2.54. The van der Waals surface area contributed by atoms with E-state index in [1.165, 1.54) is 57.3 Å². The minimum absolute atomic E-state index is 0.332.